The fraction of sp³-hybridized carbons (Fsp3) is 0.125. The lowest BCUT2D eigenvalue weighted by molar-refractivity contribution is -0.148. The van der Waals surface area contributed by atoms with Crippen molar-refractivity contribution in [1.29, 1.82) is 0 Å². The number of hydrogen-bond acceptors (Lipinski definition) is 5. The number of hydrogen-bond donors (Lipinski definition) is 1. The van der Waals surface area contributed by atoms with Crippen molar-refractivity contribution in [1.82, 2.24) is 4.98 Å². The summed E-state index contributed by atoms with van der Waals surface area (Å²) in [7, 11) is 0. The Hall–Kier alpha value is -3.35. The molecule has 0 saturated heterocycles. The van der Waals surface area contributed by atoms with E-state index in [4.69, 9.17) is 32.7 Å². The van der Waals surface area contributed by atoms with Crippen molar-refractivity contribution >= 4 is 46.8 Å². The van der Waals surface area contributed by atoms with Crippen LogP contribution in [0.5, 0.6) is 5.75 Å². The normalized spacial score (nSPS) is 11.7. The fourth-order valence-corrected chi connectivity index (χ4v) is 2.93. The third-order valence-corrected chi connectivity index (χ3v) is 5.10. The number of carbonyl (C=O) groups excluding carboxylic acids is 2. The number of amides is 1. The van der Waals surface area contributed by atoms with Crippen LogP contribution in [0.15, 0.2) is 72.9 Å². The predicted molar refractivity (Wildman–Crippen MR) is 125 cm³/mol. The van der Waals surface area contributed by atoms with Crippen LogP contribution in [-0.2, 0) is 20.9 Å². The monoisotopic (exact) mass is 470 g/mol. The highest BCUT2D eigenvalue weighted by molar-refractivity contribution is 6.44. The van der Waals surface area contributed by atoms with Crippen molar-refractivity contribution in [2.24, 2.45) is 0 Å². The zero-order chi connectivity index (χ0) is 22.9. The smallest absolute Gasteiger partial charge is 0.331 e. The Morgan fingerprint density at radius 3 is 2.56 bits per heavy atom. The fourth-order valence-electron chi connectivity index (χ4n) is 2.58. The van der Waals surface area contributed by atoms with Crippen molar-refractivity contribution in [3.63, 3.8) is 0 Å². The molecule has 3 aromatic rings. The number of nitrogens with zero attached hydrogens (tertiary/aromatic N) is 1. The molecule has 6 nitrogen and oxygen atoms in total. The van der Waals surface area contributed by atoms with Gasteiger partial charge in [0.15, 0.2) is 6.10 Å². The Morgan fingerprint density at radius 1 is 1.06 bits per heavy atom. The van der Waals surface area contributed by atoms with Crippen molar-refractivity contribution in [2.75, 3.05) is 5.32 Å². The molecule has 0 aliphatic carbocycles. The summed E-state index contributed by atoms with van der Waals surface area (Å²) in [5.74, 6) is -0.494. The van der Waals surface area contributed by atoms with Gasteiger partial charge >= 0.3 is 5.97 Å². The summed E-state index contributed by atoms with van der Waals surface area (Å²) in [6.07, 6.45) is 3.52. The van der Waals surface area contributed by atoms with Crippen molar-refractivity contribution in [2.45, 2.75) is 19.6 Å². The van der Waals surface area contributed by atoms with Gasteiger partial charge in [0.05, 0.1) is 21.4 Å². The Balaban J connectivity index is 1.48. The highest BCUT2D eigenvalue weighted by Gasteiger charge is 2.18. The van der Waals surface area contributed by atoms with Gasteiger partial charge in [-0.05, 0) is 55.0 Å². The maximum absolute atomic E-state index is 12.3. The topological polar surface area (TPSA) is 77.5 Å². The lowest BCUT2D eigenvalue weighted by Crippen LogP contribution is -2.29. The van der Waals surface area contributed by atoms with Gasteiger partial charge < -0.3 is 14.8 Å². The number of benzene rings is 2. The molecule has 0 fully saturated rings. The minimum absolute atomic E-state index is 0.216. The van der Waals surface area contributed by atoms with Crippen molar-refractivity contribution in [3.05, 3.63) is 94.2 Å². The molecule has 1 unspecified atom stereocenters. The summed E-state index contributed by atoms with van der Waals surface area (Å²) in [6, 6.07) is 17.7. The van der Waals surface area contributed by atoms with Gasteiger partial charge in [-0.1, -0.05) is 47.5 Å². The molecule has 2 aromatic carbocycles. The van der Waals surface area contributed by atoms with Crippen LogP contribution in [-0.4, -0.2) is 23.0 Å². The van der Waals surface area contributed by atoms with E-state index in [1.807, 2.05) is 18.2 Å². The molecule has 1 N–H and O–H groups in total. The van der Waals surface area contributed by atoms with Crippen LogP contribution < -0.4 is 10.1 Å². The number of nitrogens with one attached hydrogen (secondary N) is 1. The summed E-state index contributed by atoms with van der Waals surface area (Å²) in [6.45, 7) is 1.83. The van der Waals surface area contributed by atoms with Crippen LogP contribution in [0.4, 0.5) is 5.69 Å². The van der Waals surface area contributed by atoms with E-state index in [0.29, 0.717) is 23.1 Å². The largest absolute Gasteiger partial charge is 0.487 e. The summed E-state index contributed by atoms with van der Waals surface area (Å²) in [4.78, 5) is 28.5. The molecular formula is C24H20Cl2N2O4. The molecule has 0 saturated carbocycles. The maximum Gasteiger partial charge on any atom is 0.331 e. The van der Waals surface area contributed by atoms with Gasteiger partial charge in [-0.15, -0.1) is 0 Å². The molecule has 1 aromatic heterocycles. The SMILES string of the molecule is CC(OC(=O)C=Cc1ccc(OCc2ccccn2)cc1)C(=O)Nc1cccc(Cl)c1Cl. The molecule has 1 heterocycles. The number of halogens is 2. The first-order valence-electron chi connectivity index (χ1n) is 9.68. The quantitative estimate of drug-likeness (QED) is 0.344. The first kappa shape index (κ1) is 23.3. The van der Waals surface area contributed by atoms with E-state index in [2.05, 4.69) is 10.3 Å². The summed E-state index contributed by atoms with van der Waals surface area (Å²) in [5.41, 5.74) is 1.94. The third kappa shape index (κ3) is 6.83. The van der Waals surface area contributed by atoms with Gasteiger partial charge in [-0.2, -0.15) is 0 Å². The van der Waals surface area contributed by atoms with Crippen LogP contribution in [0.1, 0.15) is 18.2 Å². The highest BCUT2D eigenvalue weighted by Crippen LogP contribution is 2.29. The standard InChI is InChI=1S/C24H20Cl2N2O4/c1-16(24(30)28-21-7-4-6-20(25)23(21)26)32-22(29)13-10-17-8-11-19(12-9-17)31-15-18-5-2-3-14-27-18/h2-14,16H,15H2,1H3,(H,28,30). The van der Waals surface area contributed by atoms with Gasteiger partial charge in [0.2, 0.25) is 0 Å². The second-order valence-electron chi connectivity index (χ2n) is 6.68. The first-order chi connectivity index (χ1) is 15.4. The number of carbonyl (C=O) groups is 2. The van der Waals surface area contributed by atoms with Crippen LogP contribution in [0.2, 0.25) is 10.0 Å². The minimum Gasteiger partial charge on any atom is -0.487 e. The van der Waals surface area contributed by atoms with Crippen molar-refractivity contribution in [3.8, 4) is 5.75 Å². The van der Waals surface area contributed by atoms with Crippen LogP contribution in [0, 0.1) is 0 Å². The molecule has 164 valence electrons. The Labute approximate surface area is 195 Å². The second kappa shape index (κ2) is 11.3. The third-order valence-electron chi connectivity index (χ3n) is 4.28. The van der Waals surface area contributed by atoms with Gasteiger partial charge in [0.1, 0.15) is 12.4 Å². The second-order valence-corrected chi connectivity index (χ2v) is 7.47. The molecule has 1 amide bonds. The molecular weight excluding hydrogens is 451 g/mol. The van der Waals surface area contributed by atoms with Crippen LogP contribution >= 0.6 is 23.2 Å². The van der Waals surface area contributed by atoms with E-state index in [-0.39, 0.29) is 5.02 Å². The maximum atomic E-state index is 12.3. The highest BCUT2D eigenvalue weighted by atomic mass is 35.5. The van der Waals surface area contributed by atoms with Gasteiger partial charge in [0, 0.05) is 12.3 Å². The number of rotatable bonds is 8. The Bertz CT molecular complexity index is 1100. The van der Waals surface area contributed by atoms with E-state index < -0.39 is 18.0 Å². The zero-order valence-corrected chi connectivity index (χ0v) is 18.6. The van der Waals surface area contributed by atoms with E-state index in [1.54, 1.807) is 54.7 Å². The summed E-state index contributed by atoms with van der Waals surface area (Å²) >= 11 is 12.0. The molecule has 0 spiro atoms. The summed E-state index contributed by atoms with van der Waals surface area (Å²) in [5, 5.41) is 3.11. The minimum atomic E-state index is -1.02. The Morgan fingerprint density at radius 2 is 1.84 bits per heavy atom. The van der Waals surface area contributed by atoms with Gasteiger partial charge in [-0.25, -0.2) is 4.79 Å². The first-order valence-corrected chi connectivity index (χ1v) is 10.4. The molecule has 1 atom stereocenters. The van der Waals surface area contributed by atoms with E-state index in [0.717, 1.165) is 11.3 Å². The lowest BCUT2D eigenvalue weighted by atomic mass is 10.2. The molecule has 0 aliphatic rings. The average Bonchev–Trinajstić information content (AvgIpc) is 2.80. The molecule has 0 aliphatic heterocycles. The molecule has 3 rings (SSSR count). The zero-order valence-electron chi connectivity index (χ0n) is 17.1. The predicted octanol–water partition coefficient (Wildman–Crippen LogP) is 5.55. The number of pyridine rings is 1. The van der Waals surface area contributed by atoms with E-state index in [9.17, 15) is 9.59 Å². The Kier molecular flexibility index (Phi) is 8.25. The molecule has 8 heteroatoms. The number of aromatic nitrogens is 1. The molecule has 0 radical (unpaired) electrons. The van der Waals surface area contributed by atoms with Crippen molar-refractivity contribution < 1.29 is 19.1 Å². The number of esters is 1. The van der Waals surface area contributed by atoms with E-state index >= 15 is 0 Å². The summed E-state index contributed by atoms with van der Waals surface area (Å²) < 4.78 is 10.8. The number of ether oxygens (including phenoxy) is 2. The van der Waals surface area contributed by atoms with E-state index in [1.165, 1.54) is 13.0 Å². The number of anilines is 1. The van der Waals surface area contributed by atoms with Crippen LogP contribution in [0.3, 0.4) is 0 Å². The van der Waals surface area contributed by atoms with Gasteiger partial charge in [-0.3, -0.25) is 9.78 Å². The molecule has 0 bridgehead atoms. The van der Waals surface area contributed by atoms with Gasteiger partial charge in [0.25, 0.3) is 5.91 Å². The molecule has 32 heavy (non-hydrogen) atoms. The average molecular weight is 471 g/mol. The lowest BCUT2D eigenvalue weighted by Gasteiger charge is -2.13. The van der Waals surface area contributed by atoms with Crippen LogP contribution in [0.25, 0.3) is 6.08 Å².